The molecule has 120 valence electrons. The molecule has 0 spiro atoms. The zero-order chi connectivity index (χ0) is 16.3. The van der Waals surface area contributed by atoms with E-state index in [1.165, 1.54) is 6.42 Å². The zero-order valence-corrected chi connectivity index (χ0v) is 13.3. The Labute approximate surface area is 139 Å². The van der Waals surface area contributed by atoms with Gasteiger partial charge in [-0.05, 0) is 12.5 Å². The molecule has 2 unspecified atom stereocenters. The fourth-order valence-corrected chi connectivity index (χ4v) is 3.86. The monoisotopic (exact) mass is 319 g/mol. The lowest BCUT2D eigenvalue weighted by molar-refractivity contribution is 0.226. The Morgan fingerprint density at radius 3 is 2.62 bits per heavy atom. The number of piperidine rings is 1. The molecule has 0 aromatic carbocycles. The summed E-state index contributed by atoms with van der Waals surface area (Å²) in [5.41, 5.74) is 4.71. The molecule has 3 aromatic heterocycles. The third-order valence-corrected chi connectivity index (χ3v) is 5.01. The van der Waals surface area contributed by atoms with E-state index in [0.29, 0.717) is 17.6 Å². The van der Waals surface area contributed by atoms with Gasteiger partial charge in [0.25, 0.3) is 0 Å². The van der Waals surface area contributed by atoms with E-state index in [4.69, 9.17) is 0 Å². The highest BCUT2D eigenvalue weighted by molar-refractivity contribution is 5.83. The SMILES string of the molecule is Cn1cc(-c2cc(N3CC4CC(C3)N4)c3c(C#N)cnn3c2)cn1. The van der Waals surface area contributed by atoms with Crippen LogP contribution in [-0.2, 0) is 7.05 Å². The van der Waals surface area contributed by atoms with Crippen LogP contribution in [0, 0.1) is 11.3 Å². The van der Waals surface area contributed by atoms with Crippen molar-refractivity contribution in [3.8, 4) is 17.2 Å². The van der Waals surface area contributed by atoms with Crippen LogP contribution < -0.4 is 10.2 Å². The van der Waals surface area contributed by atoms with Crippen molar-refractivity contribution in [3.63, 3.8) is 0 Å². The summed E-state index contributed by atoms with van der Waals surface area (Å²) in [7, 11) is 1.91. The minimum Gasteiger partial charge on any atom is -0.367 e. The van der Waals surface area contributed by atoms with E-state index in [9.17, 15) is 5.26 Å². The van der Waals surface area contributed by atoms with Crippen molar-refractivity contribution in [3.05, 3.63) is 36.4 Å². The lowest BCUT2D eigenvalue weighted by Crippen LogP contribution is -2.67. The van der Waals surface area contributed by atoms with E-state index in [1.54, 1.807) is 10.9 Å². The highest BCUT2D eigenvalue weighted by atomic mass is 15.3. The van der Waals surface area contributed by atoms with E-state index in [0.717, 1.165) is 35.4 Å². The summed E-state index contributed by atoms with van der Waals surface area (Å²) in [4.78, 5) is 2.38. The number of aromatic nitrogens is 4. The van der Waals surface area contributed by atoms with E-state index in [-0.39, 0.29) is 0 Å². The highest BCUT2D eigenvalue weighted by Gasteiger charge is 2.37. The molecule has 7 nitrogen and oxygen atoms in total. The number of aryl methyl sites for hydroxylation is 1. The quantitative estimate of drug-likeness (QED) is 0.767. The van der Waals surface area contributed by atoms with Crippen LogP contribution in [0.2, 0.25) is 0 Å². The van der Waals surface area contributed by atoms with Crippen molar-refractivity contribution in [1.29, 1.82) is 5.26 Å². The Bertz CT molecular complexity index is 961. The van der Waals surface area contributed by atoms with Crippen LogP contribution in [0.15, 0.2) is 30.9 Å². The van der Waals surface area contributed by atoms with Gasteiger partial charge in [-0.3, -0.25) is 4.68 Å². The van der Waals surface area contributed by atoms with Crippen molar-refractivity contribution >= 4 is 11.2 Å². The van der Waals surface area contributed by atoms with Crippen LogP contribution in [-0.4, -0.2) is 44.6 Å². The Morgan fingerprint density at radius 2 is 1.96 bits per heavy atom. The smallest absolute Gasteiger partial charge is 0.107 e. The van der Waals surface area contributed by atoms with Gasteiger partial charge in [0.2, 0.25) is 0 Å². The summed E-state index contributed by atoms with van der Waals surface area (Å²) < 4.78 is 3.62. The molecule has 7 heteroatoms. The van der Waals surface area contributed by atoms with E-state index in [1.807, 2.05) is 30.2 Å². The minimum atomic E-state index is 0.555. The second kappa shape index (κ2) is 4.82. The molecule has 0 saturated carbocycles. The molecule has 3 fully saturated rings. The maximum Gasteiger partial charge on any atom is 0.107 e. The topological polar surface area (TPSA) is 74.2 Å². The molecule has 2 bridgehead atoms. The van der Waals surface area contributed by atoms with Gasteiger partial charge in [0.1, 0.15) is 11.6 Å². The normalized spacial score (nSPS) is 22.4. The molecule has 3 saturated heterocycles. The number of rotatable bonds is 2. The molecule has 6 rings (SSSR count). The van der Waals surface area contributed by atoms with Gasteiger partial charge < -0.3 is 10.2 Å². The van der Waals surface area contributed by atoms with Crippen LogP contribution in [0.1, 0.15) is 12.0 Å². The average Bonchev–Trinajstić information content (AvgIpc) is 3.19. The standard InChI is InChI=1S/C17H17N7/c1-22-7-13(6-19-22)11-2-16(23-9-14-3-15(10-23)21-14)17-12(4-18)5-20-24(17)8-11/h2,5-8,14-15,21H,3,9-10H2,1H3. The number of pyridine rings is 1. The van der Waals surface area contributed by atoms with Crippen LogP contribution in [0.3, 0.4) is 0 Å². The molecule has 6 heterocycles. The molecule has 0 amide bonds. The van der Waals surface area contributed by atoms with E-state index >= 15 is 0 Å². The molecule has 0 aliphatic carbocycles. The summed E-state index contributed by atoms with van der Waals surface area (Å²) in [5, 5.41) is 21.7. The Hall–Kier alpha value is -2.85. The second-order valence-electron chi connectivity index (χ2n) is 6.68. The van der Waals surface area contributed by atoms with Crippen molar-refractivity contribution in [1.82, 2.24) is 24.7 Å². The number of nitrogens with zero attached hydrogens (tertiary/aromatic N) is 6. The molecule has 3 aromatic rings. The lowest BCUT2D eigenvalue weighted by Gasteiger charge is -2.49. The van der Waals surface area contributed by atoms with Gasteiger partial charge in [-0.1, -0.05) is 0 Å². The predicted molar refractivity (Wildman–Crippen MR) is 89.7 cm³/mol. The summed E-state index contributed by atoms with van der Waals surface area (Å²) in [6, 6.07) is 5.55. The van der Waals surface area contributed by atoms with E-state index in [2.05, 4.69) is 32.5 Å². The Kier molecular flexibility index (Phi) is 2.73. The third-order valence-electron chi connectivity index (χ3n) is 5.01. The summed E-state index contributed by atoms with van der Waals surface area (Å²) in [5.74, 6) is 0. The van der Waals surface area contributed by atoms with Crippen LogP contribution in [0.5, 0.6) is 0 Å². The molecule has 3 aliphatic rings. The van der Waals surface area contributed by atoms with Gasteiger partial charge in [-0.2, -0.15) is 15.5 Å². The summed E-state index contributed by atoms with van der Waals surface area (Å²) >= 11 is 0. The Morgan fingerprint density at radius 1 is 1.17 bits per heavy atom. The number of anilines is 1. The molecule has 1 N–H and O–H groups in total. The van der Waals surface area contributed by atoms with Gasteiger partial charge >= 0.3 is 0 Å². The second-order valence-corrected chi connectivity index (χ2v) is 6.68. The first-order valence-electron chi connectivity index (χ1n) is 8.13. The van der Waals surface area contributed by atoms with Gasteiger partial charge in [0, 0.05) is 55.7 Å². The summed E-state index contributed by atoms with van der Waals surface area (Å²) in [6.07, 6.45) is 8.72. The van der Waals surface area contributed by atoms with Gasteiger partial charge in [0.15, 0.2) is 0 Å². The molecule has 3 aliphatic heterocycles. The molecule has 2 atom stereocenters. The maximum absolute atomic E-state index is 9.45. The fraction of sp³-hybridized carbons (Fsp3) is 0.353. The fourth-order valence-electron chi connectivity index (χ4n) is 3.86. The number of nitrogens with one attached hydrogen (secondary N) is 1. The lowest BCUT2D eigenvalue weighted by atomic mass is 9.90. The highest BCUT2D eigenvalue weighted by Crippen LogP contribution is 2.34. The molecular formula is C17H17N7. The van der Waals surface area contributed by atoms with Crippen molar-refractivity contribution in [2.24, 2.45) is 7.05 Å². The number of nitriles is 1. The third kappa shape index (κ3) is 1.93. The molecular weight excluding hydrogens is 302 g/mol. The average molecular weight is 319 g/mol. The minimum absolute atomic E-state index is 0.555. The zero-order valence-electron chi connectivity index (χ0n) is 13.3. The predicted octanol–water partition coefficient (Wildman–Crippen LogP) is 1.16. The van der Waals surface area contributed by atoms with Gasteiger partial charge in [-0.15, -0.1) is 0 Å². The van der Waals surface area contributed by atoms with Crippen LogP contribution >= 0.6 is 0 Å². The first kappa shape index (κ1) is 13.6. The largest absolute Gasteiger partial charge is 0.367 e. The van der Waals surface area contributed by atoms with Gasteiger partial charge in [0.05, 0.1) is 23.6 Å². The van der Waals surface area contributed by atoms with Crippen LogP contribution in [0.4, 0.5) is 5.69 Å². The van der Waals surface area contributed by atoms with Crippen molar-refractivity contribution < 1.29 is 0 Å². The number of hydrogen-bond donors (Lipinski definition) is 1. The van der Waals surface area contributed by atoms with Crippen molar-refractivity contribution in [2.75, 3.05) is 18.0 Å². The number of hydrogen-bond acceptors (Lipinski definition) is 5. The van der Waals surface area contributed by atoms with Crippen LogP contribution in [0.25, 0.3) is 16.6 Å². The van der Waals surface area contributed by atoms with Gasteiger partial charge in [-0.25, -0.2) is 4.52 Å². The number of fused-ring (bicyclic) bond motifs is 3. The first-order chi connectivity index (χ1) is 11.7. The first-order valence-corrected chi connectivity index (χ1v) is 8.13. The maximum atomic E-state index is 9.45. The van der Waals surface area contributed by atoms with Crippen molar-refractivity contribution in [2.45, 2.75) is 18.5 Å². The Balaban J connectivity index is 1.69. The molecule has 0 radical (unpaired) electrons. The summed E-state index contributed by atoms with van der Waals surface area (Å²) in [6.45, 7) is 1.94. The molecule has 24 heavy (non-hydrogen) atoms. The number of piperazine rings is 1. The van der Waals surface area contributed by atoms with E-state index < -0.39 is 0 Å².